The fourth-order valence-corrected chi connectivity index (χ4v) is 2.76. The SMILES string of the molecule is Fc1ccc(C[NH2+]C[C@@H]2CC(c3ccc(Cl)c(Cl)c3)=NO2)cc1. The number of hydrogen-bond donors (Lipinski definition) is 1. The zero-order valence-electron chi connectivity index (χ0n) is 12.3. The first-order chi connectivity index (χ1) is 11.1. The Bertz CT molecular complexity index is 719. The van der Waals surface area contributed by atoms with E-state index in [2.05, 4.69) is 10.5 Å². The number of halogens is 3. The van der Waals surface area contributed by atoms with Gasteiger partial charge in [0.2, 0.25) is 0 Å². The van der Waals surface area contributed by atoms with Crippen molar-refractivity contribution in [2.45, 2.75) is 19.1 Å². The second kappa shape index (κ2) is 7.30. The van der Waals surface area contributed by atoms with Crippen LogP contribution < -0.4 is 5.32 Å². The average Bonchev–Trinajstić information content (AvgIpc) is 3.01. The molecule has 1 aliphatic heterocycles. The Morgan fingerprint density at radius 3 is 2.65 bits per heavy atom. The number of quaternary nitrogens is 1. The summed E-state index contributed by atoms with van der Waals surface area (Å²) in [5, 5.41) is 7.31. The van der Waals surface area contributed by atoms with Crippen LogP contribution in [0.4, 0.5) is 4.39 Å². The minimum Gasteiger partial charge on any atom is -0.386 e. The van der Waals surface area contributed by atoms with Crippen LogP contribution in [0.1, 0.15) is 17.5 Å². The molecule has 2 aromatic carbocycles. The summed E-state index contributed by atoms with van der Waals surface area (Å²) in [6.07, 6.45) is 0.762. The topological polar surface area (TPSA) is 38.2 Å². The van der Waals surface area contributed by atoms with Crippen LogP contribution in [0.15, 0.2) is 47.6 Å². The van der Waals surface area contributed by atoms with Gasteiger partial charge in [-0.2, -0.15) is 0 Å². The number of nitrogens with two attached hydrogens (primary N) is 1. The molecule has 0 bridgehead atoms. The monoisotopic (exact) mass is 353 g/mol. The molecule has 23 heavy (non-hydrogen) atoms. The van der Waals surface area contributed by atoms with Gasteiger partial charge in [-0.1, -0.05) is 46.6 Å². The minimum atomic E-state index is -0.215. The number of nitrogens with zero attached hydrogens (tertiary/aromatic N) is 1. The van der Waals surface area contributed by atoms with Crippen molar-refractivity contribution in [1.82, 2.24) is 0 Å². The Kier molecular flexibility index (Phi) is 5.16. The molecule has 1 atom stereocenters. The Balaban J connectivity index is 1.49. The lowest BCUT2D eigenvalue weighted by molar-refractivity contribution is -0.676. The molecule has 3 rings (SSSR count). The molecule has 2 aromatic rings. The fraction of sp³-hybridized carbons (Fsp3) is 0.235. The van der Waals surface area contributed by atoms with Crippen molar-refractivity contribution in [3.05, 3.63) is 69.5 Å². The molecular weight excluding hydrogens is 338 g/mol. The average molecular weight is 354 g/mol. The van der Waals surface area contributed by atoms with E-state index in [0.29, 0.717) is 10.0 Å². The van der Waals surface area contributed by atoms with Crippen LogP contribution in [0, 0.1) is 5.82 Å². The van der Waals surface area contributed by atoms with E-state index in [1.54, 1.807) is 24.3 Å². The molecule has 6 heteroatoms. The Morgan fingerprint density at radius 1 is 1.13 bits per heavy atom. The molecule has 0 fully saturated rings. The van der Waals surface area contributed by atoms with Gasteiger partial charge in [0.25, 0.3) is 0 Å². The first-order valence-corrected chi connectivity index (χ1v) is 8.11. The molecule has 0 aliphatic carbocycles. The molecule has 120 valence electrons. The van der Waals surface area contributed by atoms with E-state index in [4.69, 9.17) is 28.0 Å². The maximum atomic E-state index is 12.8. The molecule has 2 N–H and O–H groups in total. The van der Waals surface area contributed by atoms with Crippen molar-refractivity contribution in [2.75, 3.05) is 6.54 Å². The van der Waals surface area contributed by atoms with Gasteiger partial charge in [-0.15, -0.1) is 0 Å². The van der Waals surface area contributed by atoms with Crippen molar-refractivity contribution >= 4 is 28.9 Å². The van der Waals surface area contributed by atoms with Gasteiger partial charge in [0.15, 0.2) is 6.10 Å². The smallest absolute Gasteiger partial charge is 0.181 e. The van der Waals surface area contributed by atoms with E-state index in [-0.39, 0.29) is 11.9 Å². The van der Waals surface area contributed by atoms with Crippen molar-refractivity contribution in [3.63, 3.8) is 0 Å². The van der Waals surface area contributed by atoms with E-state index in [1.165, 1.54) is 12.1 Å². The van der Waals surface area contributed by atoms with E-state index >= 15 is 0 Å². The third-order valence-electron chi connectivity index (χ3n) is 3.71. The standard InChI is InChI=1S/C17H15Cl2FN2O/c18-15-6-3-12(7-16(15)19)17-8-14(23-22-17)10-21-9-11-1-4-13(20)5-2-11/h1-7,14,21H,8-10H2/p+1/t14-/m0/s1. The largest absolute Gasteiger partial charge is 0.386 e. The molecule has 0 aromatic heterocycles. The number of oxime groups is 1. The quantitative estimate of drug-likeness (QED) is 0.878. The molecular formula is C17H16Cl2FN2O+. The summed E-state index contributed by atoms with van der Waals surface area (Å²) in [6.45, 7) is 1.56. The highest BCUT2D eigenvalue weighted by molar-refractivity contribution is 6.42. The van der Waals surface area contributed by atoms with Gasteiger partial charge < -0.3 is 10.2 Å². The highest BCUT2D eigenvalue weighted by Gasteiger charge is 2.23. The van der Waals surface area contributed by atoms with E-state index in [1.807, 2.05) is 6.07 Å². The second-order valence-electron chi connectivity index (χ2n) is 5.45. The summed E-state index contributed by atoms with van der Waals surface area (Å²) < 4.78 is 12.8. The molecule has 0 unspecified atom stereocenters. The van der Waals surface area contributed by atoms with Gasteiger partial charge in [0.05, 0.1) is 15.8 Å². The molecule has 3 nitrogen and oxygen atoms in total. The molecule has 1 heterocycles. The van der Waals surface area contributed by atoms with Gasteiger partial charge in [-0.25, -0.2) is 4.39 Å². The van der Waals surface area contributed by atoms with E-state index < -0.39 is 0 Å². The molecule has 0 spiro atoms. The summed E-state index contributed by atoms with van der Waals surface area (Å²) in [5.74, 6) is -0.215. The Labute approximate surface area is 144 Å². The van der Waals surface area contributed by atoms with Gasteiger partial charge in [0, 0.05) is 17.5 Å². The van der Waals surface area contributed by atoms with Crippen molar-refractivity contribution in [1.29, 1.82) is 0 Å². The summed E-state index contributed by atoms with van der Waals surface area (Å²) >= 11 is 12.0. The van der Waals surface area contributed by atoms with E-state index in [9.17, 15) is 4.39 Å². The lowest BCUT2D eigenvalue weighted by Crippen LogP contribution is -2.84. The number of rotatable bonds is 5. The zero-order chi connectivity index (χ0) is 16.2. The fourth-order valence-electron chi connectivity index (χ4n) is 2.46. The van der Waals surface area contributed by atoms with Crippen LogP contribution in [-0.2, 0) is 11.4 Å². The molecule has 1 aliphatic rings. The second-order valence-corrected chi connectivity index (χ2v) is 6.27. The predicted molar refractivity (Wildman–Crippen MR) is 89.4 cm³/mol. The summed E-state index contributed by atoms with van der Waals surface area (Å²) in [5.41, 5.74) is 2.89. The summed E-state index contributed by atoms with van der Waals surface area (Å²) in [6, 6.07) is 12.0. The molecule has 0 saturated carbocycles. The maximum absolute atomic E-state index is 12.8. The van der Waals surface area contributed by atoms with E-state index in [0.717, 1.165) is 36.3 Å². The van der Waals surface area contributed by atoms with Crippen LogP contribution in [0.25, 0.3) is 0 Å². The number of hydrogen-bond acceptors (Lipinski definition) is 2. The van der Waals surface area contributed by atoms with Gasteiger partial charge in [-0.3, -0.25) is 0 Å². The first-order valence-electron chi connectivity index (χ1n) is 7.36. The highest BCUT2D eigenvalue weighted by Crippen LogP contribution is 2.25. The Morgan fingerprint density at radius 2 is 1.91 bits per heavy atom. The lowest BCUT2D eigenvalue weighted by Gasteiger charge is -2.07. The van der Waals surface area contributed by atoms with Crippen LogP contribution in [-0.4, -0.2) is 18.4 Å². The first kappa shape index (κ1) is 16.2. The molecule has 0 saturated heterocycles. The zero-order valence-corrected chi connectivity index (χ0v) is 13.8. The maximum Gasteiger partial charge on any atom is 0.181 e. The summed E-state index contributed by atoms with van der Waals surface area (Å²) in [7, 11) is 0. The summed E-state index contributed by atoms with van der Waals surface area (Å²) in [4.78, 5) is 5.47. The van der Waals surface area contributed by atoms with Gasteiger partial charge in [0.1, 0.15) is 18.9 Å². The highest BCUT2D eigenvalue weighted by atomic mass is 35.5. The normalized spacial score (nSPS) is 17.0. The number of benzene rings is 2. The Hall–Kier alpha value is -1.62. The van der Waals surface area contributed by atoms with Crippen LogP contribution >= 0.6 is 23.2 Å². The predicted octanol–water partition coefficient (Wildman–Crippen LogP) is 3.39. The molecule has 0 amide bonds. The van der Waals surface area contributed by atoms with Crippen molar-refractivity contribution in [3.8, 4) is 0 Å². The third-order valence-corrected chi connectivity index (χ3v) is 4.45. The third kappa shape index (κ3) is 4.22. The van der Waals surface area contributed by atoms with Gasteiger partial charge in [-0.05, 0) is 24.3 Å². The van der Waals surface area contributed by atoms with Crippen molar-refractivity contribution < 1.29 is 14.5 Å². The van der Waals surface area contributed by atoms with Crippen LogP contribution in [0.5, 0.6) is 0 Å². The van der Waals surface area contributed by atoms with Gasteiger partial charge >= 0.3 is 0 Å². The van der Waals surface area contributed by atoms with Crippen molar-refractivity contribution in [2.24, 2.45) is 5.16 Å². The lowest BCUT2D eigenvalue weighted by atomic mass is 10.1. The molecule has 0 radical (unpaired) electrons. The van der Waals surface area contributed by atoms with Crippen LogP contribution in [0.2, 0.25) is 10.0 Å². The minimum absolute atomic E-state index is 0.0277. The van der Waals surface area contributed by atoms with Crippen LogP contribution in [0.3, 0.4) is 0 Å².